The Morgan fingerprint density at radius 1 is 1.03 bits per heavy atom. The first-order valence-electron chi connectivity index (χ1n) is 10.6. The molecule has 0 bridgehead atoms. The molecule has 1 aliphatic carbocycles. The normalized spacial score (nSPS) is 21.0. The first kappa shape index (κ1) is 23.7. The number of ether oxygens (including phenoxy) is 1. The van der Waals surface area contributed by atoms with Gasteiger partial charge in [0.05, 0.1) is 34.3 Å². The lowest BCUT2D eigenvalue weighted by molar-refractivity contribution is -0.141. The van der Waals surface area contributed by atoms with Gasteiger partial charge in [-0.1, -0.05) is 60.1 Å². The van der Waals surface area contributed by atoms with Gasteiger partial charge in [0.25, 0.3) is 11.7 Å². The standard InChI is InChI=1S/C24H22Cl3NO5/c1-33-23-15(10-13(25)11-17(23)27)21(30)19-20(12-7-8-18(29)16(26)9-12)28(24(32)22(19)31)14-5-3-2-4-6-14/h7-11,14,20,29-30H,2-6H2,1H3/b21-19+. The van der Waals surface area contributed by atoms with E-state index in [-0.39, 0.29) is 43.7 Å². The van der Waals surface area contributed by atoms with Gasteiger partial charge in [-0.2, -0.15) is 0 Å². The van der Waals surface area contributed by atoms with Crippen molar-refractivity contribution in [2.45, 2.75) is 44.2 Å². The minimum absolute atomic E-state index is 0.0742. The molecule has 0 aromatic heterocycles. The lowest BCUT2D eigenvalue weighted by Gasteiger charge is -2.35. The Morgan fingerprint density at radius 2 is 1.73 bits per heavy atom. The number of aromatic hydroxyl groups is 1. The van der Waals surface area contributed by atoms with Gasteiger partial charge >= 0.3 is 0 Å². The number of carbonyl (C=O) groups excluding carboxylic acids is 2. The van der Waals surface area contributed by atoms with Crippen LogP contribution in [0.15, 0.2) is 35.9 Å². The Hall–Kier alpha value is -2.41. The molecule has 6 nitrogen and oxygen atoms in total. The molecule has 2 aromatic carbocycles. The van der Waals surface area contributed by atoms with Crippen molar-refractivity contribution >= 4 is 52.3 Å². The van der Waals surface area contributed by atoms with Crippen LogP contribution in [0.4, 0.5) is 0 Å². The summed E-state index contributed by atoms with van der Waals surface area (Å²) >= 11 is 18.6. The molecule has 1 unspecified atom stereocenters. The lowest BCUT2D eigenvalue weighted by atomic mass is 9.91. The number of benzene rings is 2. The fourth-order valence-corrected chi connectivity index (χ4v) is 5.45. The Morgan fingerprint density at radius 3 is 2.36 bits per heavy atom. The summed E-state index contributed by atoms with van der Waals surface area (Å²) in [6.07, 6.45) is 4.45. The molecule has 1 saturated carbocycles. The smallest absolute Gasteiger partial charge is 0.295 e. The van der Waals surface area contributed by atoms with Crippen molar-refractivity contribution in [1.82, 2.24) is 4.90 Å². The molecule has 2 N–H and O–H groups in total. The maximum absolute atomic E-state index is 13.3. The predicted octanol–water partition coefficient (Wildman–Crippen LogP) is 6.12. The number of hydrogen-bond donors (Lipinski definition) is 2. The Kier molecular flexibility index (Phi) is 6.80. The van der Waals surface area contributed by atoms with Crippen LogP contribution < -0.4 is 4.74 Å². The second-order valence-corrected chi connectivity index (χ2v) is 9.43. The molecule has 1 atom stereocenters. The molecule has 1 amide bonds. The number of Topliss-reactive ketones (excluding diaryl/α,β-unsaturated/α-hetero) is 1. The van der Waals surface area contributed by atoms with E-state index in [4.69, 9.17) is 39.5 Å². The van der Waals surface area contributed by atoms with Crippen LogP contribution in [0, 0.1) is 0 Å². The highest BCUT2D eigenvalue weighted by molar-refractivity contribution is 6.47. The van der Waals surface area contributed by atoms with Gasteiger partial charge in [0.1, 0.15) is 17.3 Å². The molecule has 0 spiro atoms. The third-order valence-corrected chi connectivity index (χ3v) is 7.00. The SMILES string of the molecule is COc1c(Cl)cc(Cl)cc1/C(O)=C1\C(=O)C(=O)N(C2CCCCC2)C1c1ccc(O)c(Cl)c1. The zero-order chi connectivity index (χ0) is 23.9. The Balaban J connectivity index is 1.96. The molecule has 2 aromatic rings. The summed E-state index contributed by atoms with van der Waals surface area (Å²) < 4.78 is 5.34. The van der Waals surface area contributed by atoms with Gasteiger partial charge in [0, 0.05) is 11.1 Å². The highest BCUT2D eigenvalue weighted by atomic mass is 35.5. The third kappa shape index (κ3) is 4.27. The number of likely N-dealkylation sites (tertiary alicyclic amines) is 1. The van der Waals surface area contributed by atoms with Gasteiger partial charge in [-0.15, -0.1) is 0 Å². The van der Waals surface area contributed by atoms with Gasteiger partial charge in [0.15, 0.2) is 0 Å². The number of ketones is 1. The zero-order valence-corrected chi connectivity index (χ0v) is 20.0. The molecule has 4 rings (SSSR count). The molecule has 1 heterocycles. The van der Waals surface area contributed by atoms with E-state index >= 15 is 0 Å². The Labute approximate surface area is 206 Å². The summed E-state index contributed by atoms with van der Waals surface area (Å²) in [6, 6.07) is 6.31. The average Bonchev–Trinajstić information content (AvgIpc) is 3.06. The number of amides is 1. The quantitative estimate of drug-likeness (QED) is 0.294. The largest absolute Gasteiger partial charge is 0.507 e. The third-order valence-electron chi connectivity index (χ3n) is 6.20. The van der Waals surface area contributed by atoms with Crippen LogP contribution in [0.2, 0.25) is 15.1 Å². The van der Waals surface area contributed by atoms with E-state index in [2.05, 4.69) is 0 Å². The number of phenols is 1. The van der Waals surface area contributed by atoms with Gasteiger partial charge < -0.3 is 19.8 Å². The van der Waals surface area contributed by atoms with Crippen LogP contribution in [0.1, 0.15) is 49.3 Å². The van der Waals surface area contributed by atoms with Crippen LogP contribution in [-0.4, -0.2) is 40.0 Å². The summed E-state index contributed by atoms with van der Waals surface area (Å²) in [5.74, 6) is -1.94. The number of phenolic OH excluding ortho intramolecular Hbond substituents is 1. The van der Waals surface area contributed by atoms with E-state index in [0.717, 1.165) is 32.1 Å². The first-order chi connectivity index (χ1) is 15.7. The maximum atomic E-state index is 13.3. The monoisotopic (exact) mass is 509 g/mol. The van der Waals surface area contributed by atoms with Gasteiger partial charge in [-0.05, 0) is 42.7 Å². The van der Waals surface area contributed by atoms with Gasteiger partial charge in [-0.25, -0.2) is 0 Å². The number of halogens is 3. The minimum atomic E-state index is -0.895. The minimum Gasteiger partial charge on any atom is -0.507 e. The molecule has 9 heteroatoms. The fraction of sp³-hybridized carbons (Fsp3) is 0.333. The van der Waals surface area contributed by atoms with E-state index in [0.29, 0.717) is 5.56 Å². The maximum Gasteiger partial charge on any atom is 0.295 e. The number of methoxy groups -OCH3 is 1. The van der Waals surface area contributed by atoms with Crippen molar-refractivity contribution in [3.05, 3.63) is 62.1 Å². The summed E-state index contributed by atoms with van der Waals surface area (Å²) in [5, 5.41) is 21.7. The van der Waals surface area contributed by atoms with Crippen molar-refractivity contribution in [2.24, 2.45) is 0 Å². The number of nitrogens with zero attached hydrogens (tertiary/aromatic N) is 1. The van der Waals surface area contributed by atoms with Crippen LogP contribution in [0.25, 0.3) is 5.76 Å². The number of aliphatic hydroxyl groups excluding tert-OH is 1. The molecule has 0 radical (unpaired) electrons. The summed E-state index contributed by atoms with van der Waals surface area (Å²) in [5.41, 5.74) is 0.492. The zero-order valence-electron chi connectivity index (χ0n) is 17.8. The number of rotatable bonds is 4. The Bertz CT molecular complexity index is 1160. The van der Waals surface area contributed by atoms with E-state index in [1.165, 1.54) is 36.3 Å². The summed E-state index contributed by atoms with van der Waals surface area (Å²) in [4.78, 5) is 28.1. The van der Waals surface area contributed by atoms with Crippen molar-refractivity contribution in [3.8, 4) is 11.5 Å². The molecular formula is C24H22Cl3NO5. The highest BCUT2D eigenvalue weighted by Crippen LogP contribution is 2.46. The van der Waals surface area contributed by atoms with Crippen molar-refractivity contribution < 1.29 is 24.5 Å². The topological polar surface area (TPSA) is 87.1 Å². The number of aliphatic hydroxyl groups is 1. The van der Waals surface area contributed by atoms with Crippen LogP contribution in [0.3, 0.4) is 0 Å². The highest BCUT2D eigenvalue weighted by Gasteiger charge is 2.49. The fourth-order valence-electron chi connectivity index (χ4n) is 4.70. The van der Waals surface area contributed by atoms with Crippen LogP contribution >= 0.6 is 34.8 Å². The second kappa shape index (κ2) is 9.45. The van der Waals surface area contributed by atoms with Crippen molar-refractivity contribution in [3.63, 3.8) is 0 Å². The van der Waals surface area contributed by atoms with Crippen LogP contribution in [0.5, 0.6) is 11.5 Å². The average molecular weight is 511 g/mol. The molecule has 2 fully saturated rings. The van der Waals surface area contributed by atoms with Crippen molar-refractivity contribution in [2.75, 3.05) is 7.11 Å². The molecule has 1 aliphatic heterocycles. The van der Waals surface area contributed by atoms with E-state index in [9.17, 15) is 19.8 Å². The van der Waals surface area contributed by atoms with Gasteiger partial charge in [-0.3, -0.25) is 9.59 Å². The van der Waals surface area contributed by atoms with Crippen LogP contribution in [-0.2, 0) is 9.59 Å². The molecule has 2 aliphatic rings. The number of carbonyl (C=O) groups is 2. The van der Waals surface area contributed by atoms with Gasteiger partial charge in [0.2, 0.25) is 0 Å². The summed E-state index contributed by atoms with van der Waals surface area (Å²) in [7, 11) is 1.38. The molecular weight excluding hydrogens is 489 g/mol. The van der Waals surface area contributed by atoms with Crippen molar-refractivity contribution in [1.29, 1.82) is 0 Å². The molecule has 1 saturated heterocycles. The first-order valence-corrected chi connectivity index (χ1v) is 11.7. The van der Waals surface area contributed by atoms with E-state index in [1.807, 2.05) is 0 Å². The van der Waals surface area contributed by atoms with E-state index < -0.39 is 23.5 Å². The predicted molar refractivity (Wildman–Crippen MR) is 127 cm³/mol. The molecule has 33 heavy (non-hydrogen) atoms. The summed E-state index contributed by atoms with van der Waals surface area (Å²) in [6.45, 7) is 0. The lowest BCUT2D eigenvalue weighted by Crippen LogP contribution is -2.40. The van der Waals surface area contributed by atoms with E-state index in [1.54, 1.807) is 6.07 Å². The number of hydrogen-bond acceptors (Lipinski definition) is 5. The molecule has 174 valence electrons. The second-order valence-electron chi connectivity index (χ2n) is 8.18.